The minimum Gasteiger partial charge on any atom is -0.263 e. The summed E-state index contributed by atoms with van der Waals surface area (Å²) in [5.41, 5.74) is 0. The molecule has 0 aliphatic carbocycles. The average molecular weight is 246 g/mol. The molecule has 0 fully saturated rings. The first-order chi connectivity index (χ1) is 7.08. The minimum atomic E-state index is -1.71. The summed E-state index contributed by atoms with van der Waals surface area (Å²) in [7, 11) is -1.71. The molecule has 1 rings (SSSR count). The fraction of sp³-hybridized carbons (Fsp3) is 0.545. The van der Waals surface area contributed by atoms with Gasteiger partial charge in [0.1, 0.15) is 13.9 Å². The maximum absolute atomic E-state index is 13.5. The molecule has 0 spiro atoms. The van der Waals surface area contributed by atoms with E-state index >= 15 is 0 Å². The fourth-order valence-corrected chi connectivity index (χ4v) is 4.38. The summed E-state index contributed by atoms with van der Waals surface area (Å²) in [4.78, 5) is 4.18. The average Bonchev–Trinajstić information content (AvgIpc) is 2.18. The minimum absolute atomic E-state index is 0.153. The van der Waals surface area contributed by atoms with Crippen molar-refractivity contribution in [2.75, 3.05) is 5.88 Å². The van der Waals surface area contributed by atoms with Crippen molar-refractivity contribution < 1.29 is 4.39 Å². The molecule has 0 saturated heterocycles. The van der Waals surface area contributed by atoms with Crippen LogP contribution in [-0.2, 0) is 0 Å². The van der Waals surface area contributed by atoms with Gasteiger partial charge in [-0.3, -0.25) is 4.98 Å². The van der Waals surface area contributed by atoms with Crippen molar-refractivity contribution in [2.45, 2.75) is 32.0 Å². The lowest BCUT2D eigenvalue weighted by molar-refractivity contribution is 0.630. The highest BCUT2D eigenvalue weighted by Gasteiger charge is 2.27. The van der Waals surface area contributed by atoms with Gasteiger partial charge in [-0.1, -0.05) is 25.6 Å². The lowest BCUT2D eigenvalue weighted by atomic mass is 10.4. The number of alkyl halides is 1. The molecule has 0 aliphatic heterocycles. The van der Waals surface area contributed by atoms with E-state index in [1.165, 1.54) is 6.07 Å². The summed E-state index contributed by atoms with van der Waals surface area (Å²) in [6.45, 7) is 4.32. The topological polar surface area (TPSA) is 12.9 Å². The third kappa shape index (κ3) is 3.58. The number of unbranched alkanes of at least 4 members (excludes halogenated alkanes) is 1. The summed E-state index contributed by atoms with van der Waals surface area (Å²) in [5, 5.41) is 0.694. The van der Waals surface area contributed by atoms with Gasteiger partial charge in [0.15, 0.2) is 0 Å². The van der Waals surface area contributed by atoms with Gasteiger partial charge in [-0.25, -0.2) is 4.39 Å². The van der Waals surface area contributed by atoms with Crippen LogP contribution in [0.1, 0.15) is 12.8 Å². The largest absolute Gasteiger partial charge is 0.263 e. The molecule has 0 N–H and O–H groups in total. The van der Waals surface area contributed by atoms with Crippen molar-refractivity contribution in [1.82, 2.24) is 4.98 Å². The van der Waals surface area contributed by atoms with Gasteiger partial charge < -0.3 is 0 Å². The third-order valence-electron chi connectivity index (χ3n) is 2.58. The molecule has 0 unspecified atom stereocenters. The van der Waals surface area contributed by atoms with E-state index in [9.17, 15) is 4.39 Å². The standard InChI is InChI=1S/C11H17ClFNSi/c1-15(2,9-4-3-7-12)11-10(13)6-5-8-14-11/h5-6,8H,3-4,7,9H2,1-2H3. The summed E-state index contributed by atoms with van der Waals surface area (Å²) >= 11 is 5.63. The second-order valence-corrected chi connectivity index (χ2v) is 9.48. The molecule has 15 heavy (non-hydrogen) atoms. The monoisotopic (exact) mass is 245 g/mol. The van der Waals surface area contributed by atoms with Gasteiger partial charge in [0.05, 0.1) is 5.32 Å². The number of hydrogen-bond acceptors (Lipinski definition) is 1. The number of nitrogens with zero attached hydrogens (tertiary/aromatic N) is 1. The lowest BCUT2D eigenvalue weighted by Crippen LogP contribution is -2.45. The Morgan fingerprint density at radius 3 is 2.73 bits per heavy atom. The van der Waals surface area contributed by atoms with E-state index in [0.717, 1.165) is 18.9 Å². The van der Waals surface area contributed by atoms with Crippen molar-refractivity contribution in [1.29, 1.82) is 0 Å². The van der Waals surface area contributed by atoms with Gasteiger partial charge in [-0.15, -0.1) is 11.6 Å². The molecular formula is C11H17ClFNSi. The van der Waals surface area contributed by atoms with E-state index in [4.69, 9.17) is 11.6 Å². The van der Waals surface area contributed by atoms with Crippen molar-refractivity contribution >= 4 is 25.0 Å². The van der Waals surface area contributed by atoms with E-state index in [-0.39, 0.29) is 5.82 Å². The van der Waals surface area contributed by atoms with Crippen LogP contribution in [0.3, 0.4) is 0 Å². The maximum atomic E-state index is 13.5. The van der Waals surface area contributed by atoms with Crippen LogP contribution >= 0.6 is 11.6 Å². The second-order valence-electron chi connectivity index (χ2n) is 4.36. The van der Waals surface area contributed by atoms with E-state index in [2.05, 4.69) is 18.1 Å². The highest BCUT2D eigenvalue weighted by atomic mass is 35.5. The van der Waals surface area contributed by atoms with Crippen LogP contribution in [0.25, 0.3) is 0 Å². The zero-order valence-corrected chi connectivity index (χ0v) is 11.0. The first-order valence-corrected chi connectivity index (χ1v) is 8.99. The Morgan fingerprint density at radius 2 is 2.13 bits per heavy atom. The van der Waals surface area contributed by atoms with Gasteiger partial charge in [-0.05, 0) is 18.6 Å². The van der Waals surface area contributed by atoms with E-state index in [1.54, 1.807) is 12.3 Å². The first kappa shape index (κ1) is 12.7. The van der Waals surface area contributed by atoms with Crippen LogP contribution in [0.15, 0.2) is 18.3 Å². The number of aromatic nitrogens is 1. The normalized spacial score (nSPS) is 11.7. The number of rotatable bonds is 5. The maximum Gasteiger partial charge on any atom is 0.140 e. The smallest absolute Gasteiger partial charge is 0.140 e. The molecule has 0 saturated carbocycles. The first-order valence-electron chi connectivity index (χ1n) is 5.25. The summed E-state index contributed by atoms with van der Waals surface area (Å²) < 4.78 is 13.5. The quantitative estimate of drug-likeness (QED) is 0.441. The molecule has 0 bridgehead atoms. The molecule has 84 valence electrons. The molecule has 0 atom stereocenters. The zero-order valence-electron chi connectivity index (χ0n) is 9.26. The summed E-state index contributed by atoms with van der Waals surface area (Å²) in [6, 6.07) is 4.19. The molecule has 0 aromatic carbocycles. The molecule has 1 heterocycles. The molecule has 1 nitrogen and oxygen atoms in total. The Balaban J connectivity index is 2.72. The van der Waals surface area contributed by atoms with E-state index in [0.29, 0.717) is 11.2 Å². The third-order valence-corrected chi connectivity index (χ3v) is 6.11. The SMILES string of the molecule is C[Si](C)(CCCCCl)c1ncccc1F. The molecule has 0 radical (unpaired) electrons. The van der Waals surface area contributed by atoms with Gasteiger partial charge in [-0.2, -0.15) is 0 Å². The van der Waals surface area contributed by atoms with E-state index < -0.39 is 8.07 Å². The van der Waals surface area contributed by atoms with Crippen LogP contribution < -0.4 is 5.32 Å². The molecular weight excluding hydrogens is 229 g/mol. The van der Waals surface area contributed by atoms with Crippen LogP contribution in [0.5, 0.6) is 0 Å². The van der Waals surface area contributed by atoms with Crippen molar-refractivity contribution in [3.8, 4) is 0 Å². The van der Waals surface area contributed by atoms with Gasteiger partial charge >= 0.3 is 0 Å². The van der Waals surface area contributed by atoms with Crippen LogP contribution in [0.2, 0.25) is 19.1 Å². The molecule has 4 heteroatoms. The Hall–Kier alpha value is -0.413. The zero-order chi connectivity index (χ0) is 11.3. The Bertz CT molecular complexity index is 317. The predicted octanol–water partition coefficient (Wildman–Crippen LogP) is 3.16. The summed E-state index contributed by atoms with van der Waals surface area (Å²) in [5.74, 6) is 0.537. The molecule has 1 aromatic heterocycles. The number of pyridine rings is 1. The molecule has 0 amide bonds. The van der Waals surface area contributed by atoms with Crippen molar-refractivity contribution in [3.63, 3.8) is 0 Å². The Labute approximate surface area is 96.7 Å². The molecule has 1 aromatic rings. The van der Waals surface area contributed by atoms with Gasteiger partial charge in [0.2, 0.25) is 0 Å². The van der Waals surface area contributed by atoms with Gasteiger partial charge in [0, 0.05) is 12.1 Å². The highest BCUT2D eigenvalue weighted by Crippen LogP contribution is 2.14. The fourth-order valence-electron chi connectivity index (χ4n) is 1.66. The Morgan fingerprint density at radius 1 is 1.40 bits per heavy atom. The predicted molar refractivity (Wildman–Crippen MR) is 66.1 cm³/mol. The summed E-state index contributed by atoms with van der Waals surface area (Å²) in [6.07, 6.45) is 3.75. The van der Waals surface area contributed by atoms with Gasteiger partial charge in [0.25, 0.3) is 0 Å². The van der Waals surface area contributed by atoms with Crippen LogP contribution in [0.4, 0.5) is 4.39 Å². The molecule has 0 aliphatic rings. The van der Waals surface area contributed by atoms with Crippen molar-refractivity contribution in [2.24, 2.45) is 0 Å². The number of hydrogen-bond donors (Lipinski definition) is 0. The Kier molecular flexibility index (Phi) is 4.73. The highest BCUT2D eigenvalue weighted by molar-refractivity contribution is 6.89. The lowest BCUT2D eigenvalue weighted by Gasteiger charge is -2.21. The van der Waals surface area contributed by atoms with E-state index in [1.807, 2.05) is 0 Å². The number of halogens is 2. The second kappa shape index (κ2) is 5.61. The van der Waals surface area contributed by atoms with Crippen molar-refractivity contribution in [3.05, 3.63) is 24.1 Å². The van der Waals surface area contributed by atoms with Crippen LogP contribution in [0, 0.1) is 5.82 Å². The van der Waals surface area contributed by atoms with Crippen LogP contribution in [-0.4, -0.2) is 18.9 Å².